The van der Waals surface area contributed by atoms with Crippen LogP contribution in [0.4, 0.5) is 0 Å². The van der Waals surface area contributed by atoms with Gasteiger partial charge in [-0.3, -0.25) is 4.68 Å². The molecule has 1 unspecified atom stereocenters. The Morgan fingerprint density at radius 2 is 2.17 bits per heavy atom. The smallest absolute Gasteiger partial charge is 0.137 e. The van der Waals surface area contributed by atoms with Crippen molar-refractivity contribution in [2.75, 3.05) is 6.61 Å². The van der Waals surface area contributed by atoms with Gasteiger partial charge in [-0.1, -0.05) is 6.08 Å². The van der Waals surface area contributed by atoms with E-state index >= 15 is 0 Å². The van der Waals surface area contributed by atoms with Crippen molar-refractivity contribution in [3.8, 4) is 0 Å². The zero-order valence-electron chi connectivity index (χ0n) is 10.4. The first-order chi connectivity index (χ1) is 8.85. The van der Waals surface area contributed by atoms with Gasteiger partial charge in [0.15, 0.2) is 0 Å². The summed E-state index contributed by atoms with van der Waals surface area (Å²) in [7, 11) is 0. The zero-order valence-corrected chi connectivity index (χ0v) is 10.4. The second-order valence-electron chi connectivity index (χ2n) is 5.79. The van der Waals surface area contributed by atoms with E-state index in [1.807, 2.05) is 17.1 Å². The standard InChI is InChI=1S/C14H17N3O/c1-2-12(8-18-7-1)14(6-5-13(14)3-4-13)9-17-11-15-10-16-17/h1-2,7,10-11H,3-6,8-9H2. The van der Waals surface area contributed by atoms with Crippen LogP contribution in [0.3, 0.4) is 0 Å². The van der Waals surface area contributed by atoms with Crippen molar-refractivity contribution in [2.24, 2.45) is 10.8 Å². The van der Waals surface area contributed by atoms with Crippen LogP contribution < -0.4 is 0 Å². The Balaban J connectivity index is 1.70. The quantitative estimate of drug-likeness (QED) is 0.818. The Morgan fingerprint density at radius 3 is 2.72 bits per heavy atom. The molecule has 0 saturated heterocycles. The maximum absolute atomic E-state index is 5.51. The molecule has 2 fully saturated rings. The number of nitrogens with zero attached hydrogens (tertiary/aromatic N) is 3. The first-order valence-electron chi connectivity index (χ1n) is 6.65. The lowest BCUT2D eigenvalue weighted by atomic mass is 9.53. The van der Waals surface area contributed by atoms with Gasteiger partial charge in [-0.2, -0.15) is 5.10 Å². The van der Waals surface area contributed by atoms with E-state index in [1.54, 1.807) is 12.6 Å². The van der Waals surface area contributed by atoms with Crippen molar-refractivity contribution in [1.82, 2.24) is 14.8 Å². The molecule has 18 heavy (non-hydrogen) atoms. The third-order valence-electron chi connectivity index (χ3n) is 5.12. The number of rotatable bonds is 3. The highest BCUT2D eigenvalue weighted by Crippen LogP contribution is 2.74. The van der Waals surface area contributed by atoms with Gasteiger partial charge in [0.25, 0.3) is 0 Å². The van der Waals surface area contributed by atoms with Gasteiger partial charge >= 0.3 is 0 Å². The number of aromatic nitrogens is 3. The van der Waals surface area contributed by atoms with Crippen molar-refractivity contribution in [3.63, 3.8) is 0 Å². The molecular formula is C14H17N3O. The highest BCUT2D eigenvalue weighted by Gasteiger charge is 2.66. The van der Waals surface area contributed by atoms with Crippen LogP contribution in [0.5, 0.6) is 0 Å². The van der Waals surface area contributed by atoms with Gasteiger partial charge in [0.1, 0.15) is 19.3 Å². The summed E-state index contributed by atoms with van der Waals surface area (Å²) in [5, 5.41) is 4.29. The minimum absolute atomic E-state index is 0.269. The first kappa shape index (κ1) is 10.4. The molecule has 4 rings (SSSR count). The summed E-state index contributed by atoms with van der Waals surface area (Å²) in [5.74, 6) is 0. The van der Waals surface area contributed by atoms with E-state index in [0.717, 1.165) is 13.2 Å². The molecule has 0 bridgehead atoms. The van der Waals surface area contributed by atoms with Gasteiger partial charge in [0.2, 0.25) is 0 Å². The lowest BCUT2D eigenvalue weighted by Crippen LogP contribution is -2.48. The van der Waals surface area contributed by atoms with Crippen LogP contribution in [-0.4, -0.2) is 21.4 Å². The van der Waals surface area contributed by atoms with Crippen molar-refractivity contribution in [3.05, 3.63) is 36.6 Å². The fourth-order valence-corrected chi connectivity index (χ4v) is 3.79. The van der Waals surface area contributed by atoms with Crippen molar-refractivity contribution >= 4 is 0 Å². The Bertz CT molecular complexity index is 513. The van der Waals surface area contributed by atoms with E-state index in [4.69, 9.17) is 4.74 Å². The molecule has 4 nitrogen and oxygen atoms in total. The van der Waals surface area contributed by atoms with Crippen LogP contribution >= 0.6 is 0 Å². The summed E-state index contributed by atoms with van der Waals surface area (Å²) in [6.07, 6.45) is 14.9. The van der Waals surface area contributed by atoms with Crippen LogP contribution in [0.1, 0.15) is 25.7 Å². The fraction of sp³-hybridized carbons (Fsp3) is 0.571. The van der Waals surface area contributed by atoms with Crippen LogP contribution in [0, 0.1) is 10.8 Å². The highest BCUT2D eigenvalue weighted by atomic mass is 16.5. The van der Waals surface area contributed by atoms with Crippen molar-refractivity contribution in [1.29, 1.82) is 0 Å². The molecule has 1 spiro atoms. The summed E-state index contributed by atoms with van der Waals surface area (Å²) in [4.78, 5) is 4.07. The SMILES string of the molecule is C1=COCC(C2(Cn3cncn3)CCC23CC3)=C1. The molecule has 4 heteroatoms. The molecular weight excluding hydrogens is 226 g/mol. The molecule has 0 N–H and O–H groups in total. The zero-order chi connectivity index (χ0) is 12.1. The molecule has 1 aromatic rings. The van der Waals surface area contributed by atoms with Crippen LogP contribution in [0.25, 0.3) is 0 Å². The van der Waals surface area contributed by atoms with Gasteiger partial charge < -0.3 is 4.74 Å². The third kappa shape index (κ3) is 1.26. The molecule has 1 aliphatic heterocycles. The molecule has 1 aromatic heterocycles. The summed E-state index contributed by atoms with van der Waals surface area (Å²) >= 11 is 0. The molecule has 2 heterocycles. The summed E-state index contributed by atoms with van der Waals surface area (Å²) < 4.78 is 7.49. The van der Waals surface area contributed by atoms with E-state index < -0.39 is 0 Å². The summed E-state index contributed by atoms with van der Waals surface area (Å²) in [5.41, 5.74) is 2.26. The Morgan fingerprint density at radius 1 is 1.28 bits per heavy atom. The molecule has 0 radical (unpaired) electrons. The predicted octanol–water partition coefficient (Wildman–Crippen LogP) is 2.31. The van der Waals surface area contributed by atoms with Crippen LogP contribution in [0.2, 0.25) is 0 Å². The Hall–Kier alpha value is -1.58. The maximum atomic E-state index is 5.51. The second-order valence-corrected chi connectivity index (χ2v) is 5.79. The van der Waals surface area contributed by atoms with E-state index in [1.165, 1.54) is 31.3 Å². The number of allylic oxidation sites excluding steroid dienone is 2. The van der Waals surface area contributed by atoms with Crippen molar-refractivity contribution in [2.45, 2.75) is 32.2 Å². The summed E-state index contributed by atoms with van der Waals surface area (Å²) in [6.45, 7) is 1.70. The molecule has 2 saturated carbocycles. The molecule has 0 amide bonds. The van der Waals surface area contributed by atoms with Gasteiger partial charge in [-0.25, -0.2) is 4.98 Å². The van der Waals surface area contributed by atoms with E-state index in [2.05, 4.69) is 16.2 Å². The molecule has 1 atom stereocenters. The maximum Gasteiger partial charge on any atom is 0.137 e. The minimum Gasteiger partial charge on any atom is -0.497 e. The minimum atomic E-state index is 0.269. The molecule has 0 aromatic carbocycles. The lowest BCUT2D eigenvalue weighted by Gasteiger charge is -2.52. The van der Waals surface area contributed by atoms with Gasteiger partial charge in [-0.15, -0.1) is 0 Å². The molecule has 3 aliphatic rings. The van der Waals surface area contributed by atoms with E-state index in [0.29, 0.717) is 5.41 Å². The van der Waals surface area contributed by atoms with Crippen molar-refractivity contribution < 1.29 is 4.74 Å². The predicted molar refractivity (Wildman–Crippen MR) is 66.5 cm³/mol. The highest BCUT2D eigenvalue weighted by molar-refractivity contribution is 5.33. The van der Waals surface area contributed by atoms with Gasteiger partial charge in [-0.05, 0) is 42.7 Å². The molecule has 94 valence electrons. The topological polar surface area (TPSA) is 39.9 Å². The third-order valence-corrected chi connectivity index (χ3v) is 5.12. The van der Waals surface area contributed by atoms with Gasteiger partial charge in [0, 0.05) is 5.41 Å². The Labute approximate surface area is 106 Å². The number of hydrogen-bond donors (Lipinski definition) is 0. The average molecular weight is 243 g/mol. The lowest BCUT2D eigenvalue weighted by molar-refractivity contribution is 0.0104. The number of hydrogen-bond acceptors (Lipinski definition) is 3. The summed E-state index contributed by atoms with van der Waals surface area (Å²) in [6, 6.07) is 0. The first-order valence-corrected chi connectivity index (χ1v) is 6.65. The van der Waals surface area contributed by atoms with E-state index in [9.17, 15) is 0 Å². The second kappa shape index (κ2) is 3.46. The van der Waals surface area contributed by atoms with Crippen LogP contribution in [-0.2, 0) is 11.3 Å². The fourth-order valence-electron chi connectivity index (χ4n) is 3.79. The normalized spacial score (nSPS) is 31.7. The van der Waals surface area contributed by atoms with E-state index in [-0.39, 0.29) is 5.41 Å². The average Bonchev–Trinajstić information content (AvgIpc) is 3.10. The Kier molecular flexibility index (Phi) is 1.99. The van der Waals surface area contributed by atoms with Gasteiger partial charge in [0.05, 0.1) is 12.8 Å². The van der Waals surface area contributed by atoms with Crippen LogP contribution in [0.15, 0.2) is 36.6 Å². The molecule has 2 aliphatic carbocycles. The largest absolute Gasteiger partial charge is 0.497 e. The number of ether oxygens (including phenoxy) is 1. The monoisotopic (exact) mass is 243 g/mol.